The van der Waals surface area contributed by atoms with E-state index in [1.165, 1.54) is 36.0 Å². The number of benzene rings is 3. The number of hydrogen-bond donors (Lipinski definition) is 1. The van der Waals surface area contributed by atoms with Crippen LogP contribution in [0.5, 0.6) is 0 Å². The van der Waals surface area contributed by atoms with Gasteiger partial charge >= 0.3 is 0 Å². The third-order valence-electron chi connectivity index (χ3n) is 4.68. The maximum absolute atomic E-state index is 13.2. The van der Waals surface area contributed by atoms with Gasteiger partial charge in [0, 0.05) is 18.8 Å². The molecule has 0 spiro atoms. The van der Waals surface area contributed by atoms with Crippen LogP contribution in [0.4, 0.5) is 10.1 Å². The average molecular weight is 437 g/mol. The summed E-state index contributed by atoms with van der Waals surface area (Å²) < 4.78 is 13.0. The maximum Gasteiger partial charge on any atom is 0.236 e. The lowest BCUT2D eigenvalue weighted by atomic mass is 10.1. The molecule has 0 saturated heterocycles. The summed E-state index contributed by atoms with van der Waals surface area (Å²) in [6.07, 6.45) is 0. The minimum Gasteiger partial charge on any atom is -0.333 e. The van der Waals surface area contributed by atoms with Crippen molar-refractivity contribution in [3.63, 3.8) is 0 Å². The molecule has 3 aromatic rings. The maximum atomic E-state index is 13.2. The molecule has 0 radical (unpaired) electrons. The van der Waals surface area contributed by atoms with Gasteiger partial charge in [-0.15, -0.1) is 11.8 Å². The molecule has 0 fully saturated rings. The molecule has 31 heavy (non-hydrogen) atoms. The number of carbonyl (C=O) groups excluding carboxylic acids is 2. The zero-order chi connectivity index (χ0) is 22.1. The summed E-state index contributed by atoms with van der Waals surface area (Å²) in [5, 5.41) is 2.34. The summed E-state index contributed by atoms with van der Waals surface area (Å²) in [6.45, 7) is 2.82. The van der Waals surface area contributed by atoms with Crippen LogP contribution in [0.1, 0.15) is 18.1 Å². The number of anilines is 1. The molecule has 160 valence electrons. The highest BCUT2D eigenvalue weighted by Gasteiger charge is 2.22. The minimum atomic E-state index is -0.383. The fourth-order valence-electron chi connectivity index (χ4n) is 3.08. The average Bonchev–Trinajstić information content (AvgIpc) is 2.79. The van der Waals surface area contributed by atoms with E-state index in [2.05, 4.69) is 5.32 Å². The van der Waals surface area contributed by atoms with E-state index in [1.807, 2.05) is 72.5 Å². The molecular weight excluding hydrogens is 411 g/mol. The molecule has 1 atom stereocenters. The van der Waals surface area contributed by atoms with Gasteiger partial charge in [0.05, 0.1) is 11.0 Å². The summed E-state index contributed by atoms with van der Waals surface area (Å²) in [5.41, 5.74) is 2.64. The number of hydrogen-bond acceptors (Lipinski definition) is 3. The number of halogens is 1. The van der Waals surface area contributed by atoms with Gasteiger partial charge in [-0.2, -0.15) is 0 Å². The van der Waals surface area contributed by atoms with Crippen LogP contribution in [0.15, 0.2) is 84.9 Å². The van der Waals surface area contributed by atoms with Crippen molar-refractivity contribution in [2.24, 2.45) is 0 Å². The molecule has 4 nitrogen and oxygen atoms in total. The molecule has 3 aromatic carbocycles. The molecule has 0 saturated carbocycles. The fraction of sp³-hybridized carbons (Fsp3) is 0.200. The first-order valence-electron chi connectivity index (χ1n) is 10.0. The van der Waals surface area contributed by atoms with Crippen molar-refractivity contribution in [3.8, 4) is 0 Å². The third-order valence-corrected chi connectivity index (χ3v) is 5.81. The van der Waals surface area contributed by atoms with E-state index >= 15 is 0 Å². The molecular formula is C25H25FN2O2S. The molecule has 3 rings (SSSR count). The van der Waals surface area contributed by atoms with Crippen LogP contribution in [0.3, 0.4) is 0 Å². The predicted octanol–water partition coefficient (Wildman–Crippen LogP) is 5.11. The van der Waals surface area contributed by atoms with Gasteiger partial charge in [-0.1, -0.05) is 60.7 Å². The molecule has 0 aliphatic carbocycles. The van der Waals surface area contributed by atoms with Crippen molar-refractivity contribution in [2.45, 2.75) is 25.3 Å². The monoisotopic (exact) mass is 436 g/mol. The topological polar surface area (TPSA) is 49.4 Å². The normalized spacial score (nSPS) is 11.5. The largest absolute Gasteiger partial charge is 0.333 e. The van der Waals surface area contributed by atoms with Gasteiger partial charge in [0.15, 0.2) is 0 Å². The first-order chi connectivity index (χ1) is 15.0. The minimum absolute atomic E-state index is 0.0210. The number of carbonyl (C=O) groups is 2. The van der Waals surface area contributed by atoms with Gasteiger partial charge in [0.2, 0.25) is 11.8 Å². The highest BCUT2D eigenvalue weighted by molar-refractivity contribution is 8.01. The summed E-state index contributed by atoms with van der Waals surface area (Å²) in [5.74, 6) is -0.473. The molecule has 1 N–H and O–H groups in total. The Morgan fingerprint density at radius 2 is 1.39 bits per heavy atom. The second-order valence-electron chi connectivity index (χ2n) is 7.17. The Kier molecular flexibility index (Phi) is 8.24. The first-order valence-corrected chi connectivity index (χ1v) is 11.1. The Labute approximate surface area is 186 Å². The van der Waals surface area contributed by atoms with Crippen molar-refractivity contribution in [2.75, 3.05) is 11.1 Å². The van der Waals surface area contributed by atoms with Gasteiger partial charge in [0.1, 0.15) is 5.82 Å². The molecule has 6 heteroatoms. The zero-order valence-electron chi connectivity index (χ0n) is 17.3. The Morgan fingerprint density at radius 1 is 0.871 bits per heavy atom. The van der Waals surface area contributed by atoms with Crippen LogP contribution < -0.4 is 5.32 Å². The zero-order valence-corrected chi connectivity index (χ0v) is 18.1. The number of amides is 2. The van der Waals surface area contributed by atoms with Crippen molar-refractivity contribution in [1.82, 2.24) is 4.90 Å². The number of thioether (sulfide) groups is 1. The lowest BCUT2D eigenvalue weighted by molar-refractivity contribution is -0.131. The highest BCUT2D eigenvalue weighted by Crippen LogP contribution is 2.19. The van der Waals surface area contributed by atoms with Crippen molar-refractivity contribution < 1.29 is 14.0 Å². The quantitative estimate of drug-likeness (QED) is 0.507. The van der Waals surface area contributed by atoms with Crippen LogP contribution >= 0.6 is 11.8 Å². The summed E-state index contributed by atoms with van der Waals surface area (Å²) >= 11 is 1.29. The molecule has 0 aliphatic heterocycles. The second-order valence-corrected chi connectivity index (χ2v) is 8.50. The van der Waals surface area contributed by atoms with Gasteiger partial charge in [-0.05, 0) is 42.3 Å². The van der Waals surface area contributed by atoms with E-state index in [9.17, 15) is 14.0 Å². The van der Waals surface area contributed by atoms with E-state index in [4.69, 9.17) is 0 Å². The standard InChI is InChI=1S/C25H25FN2O2S/c1-19(31-18-24(29)27-23-14-12-22(26)13-15-23)25(30)28(16-20-8-4-2-5-9-20)17-21-10-6-3-7-11-21/h2-15,19H,16-18H2,1H3,(H,27,29). The van der Waals surface area contributed by atoms with Gasteiger partial charge in [-0.25, -0.2) is 4.39 Å². The molecule has 0 aliphatic rings. The number of nitrogens with one attached hydrogen (secondary N) is 1. The van der Waals surface area contributed by atoms with Crippen LogP contribution in [0.25, 0.3) is 0 Å². The first kappa shape index (κ1) is 22.6. The fourth-order valence-corrected chi connectivity index (χ4v) is 3.84. The van der Waals surface area contributed by atoms with Crippen molar-refractivity contribution in [3.05, 3.63) is 102 Å². The van der Waals surface area contributed by atoms with Crippen LogP contribution in [-0.4, -0.2) is 27.7 Å². The second kappa shape index (κ2) is 11.3. The van der Waals surface area contributed by atoms with Crippen LogP contribution in [0, 0.1) is 5.82 Å². The van der Waals surface area contributed by atoms with Crippen molar-refractivity contribution >= 4 is 29.3 Å². The molecule has 0 heterocycles. The van der Waals surface area contributed by atoms with E-state index in [0.29, 0.717) is 18.8 Å². The predicted molar refractivity (Wildman–Crippen MR) is 124 cm³/mol. The van der Waals surface area contributed by atoms with Gasteiger partial charge < -0.3 is 10.2 Å². The van der Waals surface area contributed by atoms with Crippen LogP contribution in [0.2, 0.25) is 0 Å². The summed E-state index contributed by atoms with van der Waals surface area (Å²) in [7, 11) is 0. The molecule has 0 bridgehead atoms. The van der Waals surface area contributed by atoms with E-state index in [0.717, 1.165) is 11.1 Å². The molecule has 1 unspecified atom stereocenters. The lowest BCUT2D eigenvalue weighted by Gasteiger charge is -2.26. The van der Waals surface area contributed by atoms with E-state index in [-0.39, 0.29) is 28.6 Å². The van der Waals surface area contributed by atoms with Crippen molar-refractivity contribution in [1.29, 1.82) is 0 Å². The Morgan fingerprint density at radius 3 is 1.90 bits per heavy atom. The smallest absolute Gasteiger partial charge is 0.236 e. The SMILES string of the molecule is CC(SCC(=O)Nc1ccc(F)cc1)C(=O)N(Cc1ccccc1)Cc1ccccc1. The highest BCUT2D eigenvalue weighted by atomic mass is 32.2. The summed E-state index contributed by atoms with van der Waals surface area (Å²) in [4.78, 5) is 27.2. The Bertz CT molecular complexity index is 940. The Balaban J connectivity index is 1.60. The number of nitrogens with zero attached hydrogens (tertiary/aromatic N) is 1. The molecule has 2 amide bonds. The lowest BCUT2D eigenvalue weighted by Crippen LogP contribution is -2.36. The van der Waals surface area contributed by atoms with Gasteiger partial charge in [0.25, 0.3) is 0 Å². The van der Waals surface area contributed by atoms with Crippen LogP contribution in [-0.2, 0) is 22.7 Å². The summed E-state index contributed by atoms with van der Waals surface area (Å²) in [6, 6.07) is 25.3. The van der Waals surface area contributed by atoms with Gasteiger partial charge in [-0.3, -0.25) is 9.59 Å². The number of rotatable bonds is 9. The van der Waals surface area contributed by atoms with E-state index < -0.39 is 0 Å². The third kappa shape index (κ3) is 7.26. The molecule has 0 aromatic heterocycles. The Hall–Kier alpha value is -3.12. The van der Waals surface area contributed by atoms with E-state index in [1.54, 1.807) is 0 Å².